The Bertz CT molecular complexity index is 682. The molecule has 0 bridgehead atoms. The van der Waals surface area contributed by atoms with Gasteiger partial charge in [0, 0.05) is 0 Å². The lowest BCUT2D eigenvalue weighted by Gasteiger charge is -2.25. The van der Waals surface area contributed by atoms with Crippen LogP contribution in [0.4, 0.5) is 29.3 Å². The Morgan fingerprint density at radius 3 is 2.42 bits per heavy atom. The third kappa shape index (κ3) is 4.59. The average molecular weight is 394 g/mol. The van der Waals surface area contributed by atoms with E-state index in [1.165, 1.54) is 18.2 Å². The summed E-state index contributed by atoms with van der Waals surface area (Å²) < 4.78 is 43.9. The van der Waals surface area contributed by atoms with Crippen molar-refractivity contribution in [3.05, 3.63) is 24.3 Å². The first-order chi connectivity index (χ1) is 11.8. The first kappa shape index (κ1) is 20.3. The van der Waals surface area contributed by atoms with Crippen molar-refractivity contribution < 1.29 is 27.5 Å². The highest BCUT2D eigenvalue weighted by Crippen LogP contribution is 2.35. The maximum Gasteiger partial charge on any atom is 0.414 e. The number of carbonyl (C=O) groups excluding carboxylic acids is 2. The van der Waals surface area contributed by atoms with Crippen LogP contribution in [-0.4, -0.2) is 43.9 Å². The van der Waals surface area contributed by atoms with Crippen molar-refractivity contribution >= 4 is 35.8 Å². The summed E-state index contributed by atoms with van der Waals surface area (Å²) in [6, 6.07) is 4.64. The number of amides is 2. The normalized spacial score (nSPS) is 20.2. The monoisotopic (exact) mass is 393 g/mol. The fraction of sp³-hybridized carbons (Fsp3) is 0.500. The van der Waals surface area contributed by atoms with E-state index >= 15 is 0 Å². The minimum atomic E-state index is -4.59. The molecule has 0 saturated heterocycles. The second-order valence-corrected chi connectivity index (χ2v) is 6.27. The predicted octanol–water partition coefficient (Wildman–Crippen LogP) is 2.70. The Labute approximate surface area is 154 Å². The first-order valence-electron chi connectivity index (χ1n) is 7.93. The fourth-order valence-electron chi connectivity index (χ4n) is 2.68. The molecule has 1 aromatic carbocycles. The lowest BCUT2D eigenvalue weighted by atomic mass is 10.2. The Morgan fingerprint density at radius 2 is 1.85 bits per heavy atom. The molecule has 1 aliphatic heterocycles. The third-order valence-corrected chi connectivity index (χ3v) is 4.12. The zero-order chi connectivity index (χ0) is 18.2. The molecule has 2 amide bonds. The minimum Gasteiger partial charge on any atom is -0.449 e. The number of benzene rings is 1. The van der Waals surface area contributed by atoms with Crippen molar-refractivity contribution in [2.24, 2.45) is 11.7 Å². The highest BCUT2D eigenvalue weighted by atomic mass is 35.5. The quantitative estimate of drug-likeness (QED) is 0.856. The largest absolute Gasteiger partial charge is 0.449 e. The highest BCUT2D eigenvalue weighted by Gasteiger charge is 2.40. The summed E-state index contributed by atoms with van der Waals surface area (Å²) in [4.78, 5) is 26.5. The van der Waals surface area contributed by atoms with Gasteiger partial charge in [-0.1, -0.05) is 12.1 Å². The van der Waals surface area contributed by atoms with Crippen LogP contribution in [0.1, 0.15) is 12.8 Å². The van der Waals surface area contributed by atoms with Crippen LogP contribution in [-0.2, 0) is 9.53 Å². The average Bonchev–Trinajstić information content (AvgIpc) is 3.38. The number of anilines is 2. The molecule has 1 atom stereocenters. The number of alkyl halides is 3. The number of ether oxygens (including phenoxy) is 1. The molecule has 1 aliphatic carbocycles. The molecule has 26 heavy (non-hydrogen) atoms. The van der Waals surface area contributed by atoms with Gasteiger partial charge < -0.3 is 10.5 Å². The maximum absolute atomic E-state index is 12.9. The van der Waals surface area contributed by atoms with E-state index in [0.29, 0.717) is 10.8 Å². The fourth-order valence-corrected chi connectivity index (χ4v) is 2.68. The zero-order valence-corrected chi connectivity index (χ0v) is 14.6. The number of carbonyl (C=O) groups is 2. The van der Waals surface area contributed by atoms with Gasteiger partial charge in [-0.05, 0) is 30.9 Å². The number of halogens is 4. The summed E-state index contributed by atoms with van der Waals surface area (Å²) in [6.07, 6.45) is -3.33. The third-order valence-electron chi connectivity index (χ3n) is 4.12. The number of nitrogens with zero attached hydrogens (tertiary/aromatic N) is 2. The second kappa shape index (κ2) is 7.71. The first-order valence-corrected chi connectivity index (χ1v) is 7.93. The molecule has 0 radical (unpaired) electrons. The lowest BCUT2D eigenvalue weighted by Crippen LogP contribution is -2.50. The Hall–Kier alpha value is -2.00. The van der Waals surface area contributed by atoms with Gasteiger partial charge in [0.25, 0.3) is 0 Å². The van der Waals surface area contributed by atoms with Crippen molar-refractivity contribution in [2.45, 2.75) is 25.1 Å². The van der Waals surface area contributed by atoms with Crippen LogP contribution in [0.25, 0.3) is 0 Å². The van der Waals surface area contributed by atoms with Gasteiger partial charge in [0.1, 0.15) is 12.6 Å². The summed E-state index contributed by atoms with van der Waals surface area (Å²) >= 11 is 0. The summed E-state index contributed by atoms with van der Waals surface area (Å²) in [5, 5.41) is 0. The molecular formula is C16H19ClF3N3O3. The molecule has 3 rings (SSSR count). The van der Waals surface area contributed by atoms with E-state index in [4.69, 9.17) is 10.5 Å². The molecule has 2 N–H and O–H groups in total. The van der Waals surface area contributed by atoms with Gasteiger partial charge in [-0.25, -0.2) is 4.79 Å². The molecule has 10 heteroatoms. The molecule has 0 spiro atoms. The molecule has 6 nitrogen and oxygen atoms in total. The number of para-hydroxylation sites is 2. The van der Waals surface area contributed by atoms with Crippen LogP contribution in [0.2, 0.25) is 0 Å². The van der Waals surface area contributed by atoms with Crippen LogP contribution in [0.15, 0.2) is 24.3 Å². The molecule has 1 saturated carbocycles. The number of fused-ring (bicyclic) bond motifs is 1. The van der Waals surface area contributed by atoms with Gasteiger partial charge >= 0.3 is 12.3 Å². The molecule has 1 heterocycles. The van der Waals surface area contributed by atoms with Crippen molar-refractivity contribution in [3.63, 3.8) is 0 Å². The Morgan fingerprint density at radius 1 is 1.23 bits per heavy atom. The molecule has 144 valence electrons. The van der Waals surface area contributed by atoms with E-state index < -0.39 is 30.8 Å². The molecule has 0 aromatic heterocycles. The van der Waals surface area contributed by atoms with E-state index in [1.54, 1.807) is 6.07 Å². The van der Waals surface area contributed by atoms with E-state index in [1.807, 2.05) is 0 Å². The van der Waals surface area contributed by atoms with Crippen molar-refractivity contribution in [1.29, 1.82) is 0 Å². The Kier molecular flexibility index (Phi) is 6.02. The van der Waals surface area contributed by atoms with Crippen LogP contribution in [0, 0.1) is 5.92 Å². The zero-order valence-electron chi connectivity index (χ0n) is 13.7. The SMILES string of the molecule is Cl.NC1CN(C(=O)OCC2CC2)c2ccccc2N(CC(F)(F)F)C1=O. The summed E-state index contributed by atoms with van der Waals surface area (Å²) in [5.41, 5.74) is 5.92. The van der Waals surface area contributed by atoms with Crippen molar-refractivity contribution in [3.8, 4) is 0 Å². The van der Waals surface area contributed by atoms with Crippen LogP contribution in [0.3, 0.4) is 0 Å². The van der Waals surface area contributed by atoms with Gasteiger partial charge in [0.2, 0.25) is 5.91 Å². The number of hydrogen-bond acceptors (Lipinski definition) is 4. The van der Waals surface area contributed by atoms with Crippen molar-refractivity contribution in [1.82, 2.24) is 0 Å². The summed E-state index contributed by atoms with van der Waals surface area (Å²) in [6.45, 7) is -1.46. The molecular weight excluding hydrogens is 375 g/mol. The molecule has 1 unspecified atom stereocenters. The predicted molar refractivity (Wildman–Crippen MR) is 91.5 cm³/mol. The lowest BCUT2D eigenvalue weighted by molar-refractivity contribution is -0.132. The van der Waals surface area contributed by atoms with E-state index in [0.717, 1.165) is 17.7 Å². The Balaban J connectivity index is 0.00000243. The molecule has 1 fully saturated rings. The van der Waals surface area contributed by atoms with Gasteiger partial charge in [0.15, 0.2) is 0 Å². The summed E-state index contributed by atoms with van der Waals surface area (Å²) in [7, 11) is 0. The van der Waals surface area contributed by atoms with Crippen LogP contribution in [0.5, 0.6) is 0 Å². The van der Waals surface area contributed by atoms with Crippen LogP contribution >= 0.6 is 12.4 Å². The summed E-state index contributed by atoms with van der Waals surface area (Å²) in [5.74, 6) is -0.550. The minimum absolute atomic E-state index is 0. The van der Waals surface area contributed by atoms with E-state index in [9.17, 15) is 22.8 Å². The maximum atomic E-state index is 12.9. The molecule has 1 aromatic rings. The number of hydrogen-bond donors (Lipinski definition) is 1. The van der Waals surface area contributed by atoms with Gasteiger partial charge in [-0.2, -0.15) is 13.2 Å². The van der Waals surface area contributed by atoms with Crippen LogP contribution < -0.4 is 15.5 Å². The van der Waals surface area contributed by atoms with Gasteiger partial charge in [-0.15, -0.1) is 12.4 Å². The van der Waals surface area contributed by atoms with Crippen molar-refractivity contribution in [2.75, 3.05) is 29.5 Å². The highest BCUT2D eigenvalue weighted by molar-refractivity contribution is 6.05. The standard InChI is InChI=1S/C16H18F3N3O3.ClH/c17-16(18,19)9-22-13-4-2-1-3-12(13)21(7-11(20)14(22)23)15(24)25-8-10-5-6-10;/h1-4,10-11H,5-9,20H2;1H. The number of nitrogens with two attached hydrogens (primary N) is 1. The smallest absolute Gasteiger partial charge is 0.414 e. The second-order valence-electron chi connectivity index (χ2n) is 6.27. The van der Waals surface area contributed by atoms with Gasteiger partial charge in [0.05, 0.1) is 24.5 Å². The number of rotatable bonds is 3. The van der Waals surface area contributed by atoms with E-state index in [-0.39, 0.29) is 36.9 Å². The van der Waals surface area contributed by atoms with Gasteiger partial charge in [-0.3, -0.25) is 14.6 Å². The topological polar surface area (TPSA) is 75.9 Å². The molecule has 2 aliphatic rings. The van der Waals surface area contributed by atoms with E-state index in [2.05, 4.69) is 0 Å².